The average Bonchev–Trinajstić information content (AvgIpc) is 2.62. The Hall–Kier alpha value is -2.69. The molecule has 0 aliphatic heterocycles. The molecule has 3 amide bonds. The van der Waals surface area contributed by atoms with E-state index in [9.17, 15) is 24.0 Å². The van der Waals surface area contributed by atoms with E-state index in [1.54, 1.807) is 48.5 Å². The molecule has 11 heteroatoms. The maximum Gasteiger partial charge on any atom is 0.325 e. The van der Waals surface area contributed by atoms with E-state index in [1.165, 1.54) is 6.92 Å². The van der Waals surface area contributed by atoms with Crippen LogP contribution in [-0.2, 0) is 28.7 Å². The topological polar surface area (TPSA) is 177 Å². The lowest BCUT2D eigenvalue weighted by atomic mass is 10.0. The van der Waals surface area contributed by atoms with Crippen LogP contribution in [-0.4, -0.2) is 64.5 Å². The zero-order valence-corrected chi connectivity index (χ0v) is 20.1. The Balaban J connectivity index is 5.61. The fraction of sp³-hybridized carbons (Fsp3) is 0.762. The van der Waals surface area contributed by atoms with Crippen molar-refractivity contribution < 1.29 is 33.8 Å². The predicted molar refractivity (Wildman–Crippen MR) is 117 cm³/mol. The molecule has 0 rings (SSSR count). The lowest BCUT2D eigenvalue weighted by Gasteiger charge is -2.27. The second-order valence-corrected chi connectivity index (χ2v) is 9.42. The van der Waals surface area contributed by atoms with Gasteiger partial charge in [-0.15, -0.1) is 0 Å². The summed E-state index contributed by atoms with van der Waals surface area (Å²) in [4.78, 5) is 61.2. The number of carbonyl (C=O) groups is 5. The zero-order chi connectivity index (χ0) is 25.4. The first kappa shape index (κ1) is 29.3. The maximum absolute atomic E-state index is 12.9. The van der Waals surface area contributed by atoms with E-state index in [1.807, 2.05) is 0 Å². The zero-order valence-electron chi connectivity index (χ0n) is 20.1. The number of hydrogen-bond donors (Lipinski definition) is 5. The summed E-state index contributed by atoms with van der Waals surface area (Å²) in [6.07, 6.45) is -0.475. The van der Waals surface area contributed by atoms with Gasteiger partial charge in [0.15, 0.2) is 0 Å². The van der Waals surface area contributed by atoms with Crippen LogP contribution in [0.25, 0.3) is 0 Å². The minimum absolute atomic E-state index is 0.216. The van der Waals surface area contributed by atoms with Crippen LogP contribution in [0, 0.1) is 11.8 Å². The Morgan fingerprint density at radius 2 is 1.38 bits per heavy atom. The van der Waals surface area contributed by atoms with E-state index in [-0.39, 0.29) is 5.92 Å². The van der Waals surface area contributed by atoms with Gasteiger partial charge in [-0.25, -0.2) is 0 Å². The van der Waals surface area contributed by atoms with Crippen molar-refractivity contribution in [2.24, 2.45) is 17.6 Å². The molecule has 184 valence electrons. The van der Waals surface area contributed by atoms with E-state index in [4.69, 9.17) is 15.6 Å². The first-order valence-electron chi connectivity index (χ1n) is 10.6. The molecule has 4 atom stereocenters. The predicted octanol–water partition coefficient (Wildman–Crippen LogP) is -0.0836. The second kappa shape index (κ2) is 12.4. The van der Waals surface area contributed by atoms with Crippen LogP contribution < -0.4 is 21.7 Å². The van der Waals surface area contributed by atoms with Gasteiger partial charge in [-0.3, -0.25) is 24.0 Å². The lowest BCUT2D eigenvalue weighted by Crippen LogP contribution is -2.59. The van der Waals surface area contributed by atoms with Crippen LogP contribution in [0.5, 0.6) is 0 Å². The molecule has 0 heterocycles. The monoisotopic (exact) mass is 458 g/mol. The number of amides is 3. The summed E-state index contributed by atoms with van der Waals surface area (Å²) in [5.41, 5.74) is 5.04. The molecule has 0 saturated heterocycles. The summed E-state index contributed by atoms with van der Waals surface area (Å²) in [6, 6.07) is -4.51. The molecule has 0 aromatic rings. The molecular formula is C21H38N4O7. The minimum Gasteiger partial charge on any atom is -0.480 e. The van der Waals surface area contributed by atoms with Gasteiger partial charge < -0.3 is 31.5 Å². The molecule has 0 radical (unpaired) electrons. The average molecular weight is 459 g/mol. The third kappa shape index (κ3) is 10.6. The SMILES string of the molecule is CC(C)[C@H](N)C(=O)N[C@@H](CC(=O)OC(C)(C)C)C(=O)N[C@H](C(=O)N[C@@H](C)C(=O)O)C(C)C. The number of nitrogens with two attached hydrogens (primary N) is 1. The van der Waals surface area contributed by atoms with Crippen molar-refractivity contribution in [2.75, 3.05) is 0 Å². The Morgan fingerprint density at radius 3 is 1.78 bits per heavy atom. The lowest BCUT2D eigenvalue weighted by molar-refractivity contribution is -0.156. The molecule has 11 nitrogen and oxygen atoms in total. The molecule has 0 aromatic carbocycles. The highest BCUT2D eigenvalue weighted by Crippen LogP contribution is 2.11. The molecule has 0 aliphatic carbocycles. The van der Waals surface area contributed by atoms with Gasteiger partial charge in [-0.1, -0.05) is 27.7 Å². The first-order valence-corrected chi connectivity index (χ1v) is 10.6. The Morgan fingerprint density at radius 1 is 0.844 bits per heavy atom. The molecule has 0 saturated carbocycles. The van der Waals surface area contributed by atoms with Crippen molar-refractivity contribution in [1.82, 2.24) is 16.0 Å². The number of rotatable bonds is 11. The van der Waals surface area contributed by atoms with Gasteiger partial charge in [-0.05, 0) is 39.5 Å². The Bertz CT molecular complexity index is 701. The molecule has 32 heavy (non-hydrogen) atoms. The number of aliphatic carboxylic acids is 1. The van der Waals surface area contributed by atoms with Crippen LogP contribution in [0.1, 0.15) is 61.8 Å². The molecule has 0 aromatic heterocycles. The van der Waals surface area contributed by atoms with Crippen molar-refractivity contribution in [3.05, 3.63) is 0 Å². The second-order valence-electron chi connectivity index (χ2n) is 9.42. The first-order chi connectivity index (χ1) is 14.5. The van der Waals surface area contributed by atoms with Crippen molar-refractivity contribution in [1.29, 1.82) is 0 Å². The van der Waals surface area contributed by atoms with Crippen LogP contribution in [0.3, 0.4) is 0 Å². The van der Waals surface area contributed by atoms with Gasteiger partial charge in [0.25, 0.3) is 0 Å². The smallest absolute Gasteiger partial charge is 0.325 e. The number of hydrogen-bond acceptors (Lipinski definition) is 7. The number of carboxylic acids is 1. The largest absolute Gasteiger partial charge is 0.480 e. The number of ether oxygens (including phenoxy) is 1. The molecule has 0 spiro atoms. The summed E-state index contributed by atoms with van der Waals surface area (Å²) in [6.45, 7) is 13.1. The van der Waals surface area contributed by atoms with E-state index >= 15 is 0 Å². The Kier molecular flexibility index (Phi) is 11.3. The van der Waals surface area contributed by atoms with E-state index in [2.05, 4.69) is 16.0 Å². The standard InChI is InChI=1S/C21H38N4O7/c1-10(2)15(22)18(28)24-13(9-14(26)32-21(6,7)8)17(27)25-16(11(3)4)19(29)23-12(5)20(30)31/h10-13,15-16H,9,22H2,1-8H3,(H,23,29)(H,24,28)(H,25,27)(H,30,31)/t12-,13-,15-,16-/m0/s1. The van der Waals surface area contributed by atoms with Gasteiger partial charge in [0.2, 0.25) is 17.7 Å². The molecular weight excluding hydrogens is 420 g/mol. The normalized spacial score (nSPS) is 15.3. The molecule has 6 N–H and O–H groups in total. The van der Waals surface area contributed by atoms with Crippen LogP contribution in [0.2, 0.25) is 0 Å². The molecule has 0 aliphatic rings. The van der Waals surface area contributed by atoms with Gasteiger partial charge in [-0.2, -0.15) is 0 Å². The van der Waals surface area contributed by atoms with Crippen LogP contribution in [0.4, 0.5) is 0 Å². The molecule has 0 bridgehead atoms. The Labute approximate surface area is 189 Å². The fourth-order valence-electron chi connectivity index (χ4n) is 2.48. The van der Waals surface area contributed by atoms with Gasteiger partial charge in [0.05, 0.1) is 12.5 Å². The highest BCUT2D eigenvalue weighted by molar-refractivity contribution is 5.95. The summed E-state index contributed by atoms with van der Waals surface area (Å²) >= 11 is 0. The summed E-state index contributed by atoms with van der Waals surface area (Å²) in [5.74, 6) is -4.70. The van der Waals surface area contributed by atoms with E-state index in [0.717, 1.165) is 0 Å². The summed E-state index contributed by atoms with van der Waals surface area (Å²) in [7, 11) is 0. The number of nitrogens with one attached hydrogen (secondary N) is 3. The van der Waals surface area contributed by atoms with Crippen molar-refractivity contribution in [3.8, 4) is 0 Å². The van der Waals surface area contributed by atoms with Gasteiger partial charge >= 0.3 is 11.9 Å². The van der Waals surface area contributed by atoms with Crippen molar-refractivity contribution in [3.63, 3.8) is 0 Å². The number of carboxylic acid groups (broad SMARTS) is 1. The number of carbonyl (C=O) groups excluding carboxylic acids is 4. The quantitative estimate of drug-likeness (QED) is 0.267. The van der Waals surface area contributed by atoms with Crippen molar-refractivity contribution >= 4 is 29.7 Å². The molecule has 0 unspecified atom stereocenters. The van der Waals surface area contributed by atoms with Crippen LogP contribution in [0.15, 0.2) is 0 Å². The van der Waals surface area contributed by atoms with E-state index < -0.39 is 71.8 Å². The number of esters is 1. The fourth-order valence-corrected chi connectivity index (χ4v) is 2.48. The molecule has 0 fully saturated rings. The van der Waals surface area contributed by atoms with Crippen LogP contribution >= 0.6 is 0 Å². The van der Waals surface area contributed by atoms with E-state index in [0.29, 0.717) is 0 Å². The van der Waals surface area contributed by atoms with Crippen molar-refractivity contribution in [2.45, 2.75) is 91.6 Å². The highest BCUT2D eigenvalue weighted by Gasteiger charge is 2.33. The van der Waals surface area contributed by atoms with Gasteiger partial charge in [0.1, 0.15) is 23.7 Å². The highest BCUT2D eigenvalue weighted by atomic mass is 16.6. The maximum atomic E-state index is 12.9. The minimum atomic E-state index is -1.34. The third-order valence-corrected chi connectivity index (χ3v) is 4.42. The summed E-state index contributed by atoms with van der Waals surface area (Å²) in [5, 5.41) is 16.2. The summed E-state index contributed by atoms with van der Waals surface area (Å²) < 4.78 is 5.24. The van der Waals surface area contributed by atoms with Gasteiger partial charge in [0, 0.05) is 0 Å². The third-order valence-electron chi connectivity index (χ3n) is 4.42.